The molecule has 0 N–H and O–H groups in total. The normalized spacial score (nSPS) is 37.0. The van der Waals surface area contributed by atoms with Crippen molar-refractivity contribution in [3.8, 4) is 0 Å². The van der Waals surface area contributed by atoms with E-state index in [1.54, 1.807) is 0 Å². The molecule has 1 aromatic rings. The molecule has 0 amide bonds. The first kappa shape index (κ1) is 17.8. The maximum atomic E-state index is 13.1. The van der Waals surface area contributed by atoms with Crippen molar-refractivity contribution in [1.82, 2.24) is 0 Å². The van der Waals surface area contributed by atoms with Crippen LogP contribution in [-0.2, 0) is 14.3 Å². The Morgan fingerprint density at radius 2 is 1.75 bits per heavy atom. The second-order valence-electron chi connectivity index (χ2n) is 8.80. The van der Waals surface area contributed by atoms with Crippen molar-refractivity contribution in [2.45, 2.75) is 38.5 Å². The molecule has 7 atom stereocenters. The van der Waals surface area contributed by atoms with Crippen molar-refractivity contribution in [1.29, 1.82) is 0 Å². The fourth-order valence-corrected chi connectivity index (χ4v) is 6.46. The first-order valence-electron chi connectivity index (χ1n) is 10.6. The van der Waals surface area contributed by atoms with Crippen molar-refractivity contribution in [3.63, 3.8) is 0 Å². The van der Waals surface area contributed by atoms with Gasteiger partial charge in [-0.2, -0.15) is 0 Å². The molecule has 0 radical (unpaired) electrons. The van der Waals surface area contributed by atoms with Gasteiger partial charge in [-0.15, -0.1) is 0 Å². The van der Waals surface area contributed by atoms with Crippen LogP contribution in [0.15, 0.2) is 36.4 Å². The van der Waals surface area contributed by atoms with Crippen molar-refractivity contribution in [2.75, 3.05) is 6.61 Å². The van der Waals surface area contributed by atoms with E-state index in [9.17, 15) is 14.4 Å². The van der Waals surface area contributed by atoms with E-state index < -0.39 is 0 Å². The summed E-state index contributed by atoms with van der Waals surface area (Å²) >= 11 is 0. The summed E-state index contributed by atoms with van der Waals surface area (Å²) in [5, 5.41) is 0. The number of Topliss-reactive ketones (excluding diaryl/α,β-unsaturated/α-hetero) is 2. The van der Waals surface area contributed by atoms with Gasteiger partial charge < -0.3 is 4.74 Å². The van der Waals surface area contributed by atoms with Gasteiger partial charge in [0.25, 0.3) is 0 Å². The number of fused-ring (bicyclic) bond motifs is 9. The molecule has 0 heterocycles. The number of ketones is 2. The minimum Gasteiger partial charge on any atom is -0.462 e. The second kappa shape index (κ2) is 6.68. The Kier molecular flexibility index (Phi) is 4.26. The molecule has 0 aromatic heterocycles. The van der Waals surface area contributed by atoms with Crippen molar-refractivity contribution in [2.24, 2.45) is 35.5 Å². The molecule has 7 unspecified atom stereocenters. The summed E-state index contributed by atoms with van der Waals surface area (Å²) in [4.78, 5) is 38.3. The van der Waals surface area contributed by atoms with Gasteiger partial charge in [0.1, 0.15) is 11.6 Å². The maximum absolute atomic E-state index is 13.1. The number of benzene rings is 1. The number of rotatable bonds is 6. The Balaban J connectivity index is 1.41. The summed E-state index contributed by atoms with van der Waals surface area (Å²) in [5.41, 5.74) is 1.52. The van der Waals surface area contributed by atoms with Gasteiger partial charge in [0.05, 0.1) is 12.2 Å². The number of hydrogen-bond donors (Lipinski definition) is 0. The molecule has 3 saturated carbocycles. The predicted octanol–water partition coefficient (Wildman–Crippen LogP) is 3.95. The Morgan fingerprint density at radius 3 is 2.54 bits per heavy atom. The monoisotopic (exact) mass is 378 g/mol. The molecular weight excluding hydrogens is 352 g/mol. The Hall–Kier alpha value is -2.23. The van der Waals surface area contributed by atoms with E-state index in [0.717, 1.165) is 31.2 Å². The minimum atomic E-state index is -0.289. The van der Waals surface area contributed by atoms with Gasteiger partial charge in [-0.3, -0.25) is 9.59 Å². The van der Waals surface area contributed by atoms with Crippen LogP contribution in [0, 0.1) is 35.5 Å². The summed E-state index contributed by atoms with van der Waals surface area (Å²) in [6.45, 7) is 2.55. The van der Waals surface area contributed by atoms with Gasteiger partial charge in [0.2, 0.25) is 0 Å². The molecule has 5 rings (SSSR count). The highest BCUT2D eigenvalue weighted by Crippen LogP contribution is 2.66. The molecule has 4 aliphatic carbocycles. The molecule has 28 heavy (non-hydrogen) atoms. The van der Waals surface area contributed by atoms with Gasteiger partial charge in [0.15, 0.2) is 0 Å². The zero-order valence-electron chi connectivity index (χ0n) is 16.2. The zero-order valence-corrected chi connectivity index (χ0v) is 16.2. The topological polar surface area (TPSA) is 60.4 Å². The van der Waals surface area contributed by atoms with Crippen LogP contribution in [0.25, 0.3) is 0 Å². The maximum Gasteiger partial charge on any atom is 0.338 e. The molecule has 0 aliphatic heterocycles. The molecule has 4 nitrogen and oxygen atoms in total. The number of ether oxygens (including phenoxy) is 1. The average molecular weight is 378 g/mol. The molecule has 3 fully saturated rings. The summed E-state index contributed by atoms with van der Waals surface area (Å²) in [5.74, 6) is 0.390. The number of unbranched alkanes of at least 4 members (excludes halogenated alkanes) is 2. The number of carbonyl (C=O) groups is 3. The van der Waals surface area contributed by atoms with E-state index in [1.165, 1.54) is 0 Å². The lowest BCUT2D eigenvalue weighted by molar-refractivity contribution is -0.125. The molecule has 4 heteroatoms. The van der Waals surface area contributed by atoms with Crippen LogP contribution in [0.2, 0.25) is 0 Å². The third kappa shape index (κ3) is 2.39. The first-order valence-corrected chi connectivity index (χ1v) is 10.6. The van der Waals surface area contributed by atoms with E-state index in [0.29, 0.717) is 23.7 Å². The lowest BCUT2D eigenvalue weighted by atomic mass is 9.67. The average Bonchev–Trinajstić information content (AvgIpc) is 3.41. The molecule has 0 spiro atoms. The van der Waals surface area contributed by atoms with Crippen molar-refractivity contribution in [3.05, 3.63) is 47.5 Å². The highest BCUT2D eigenvalue weighted by molar-refractivity contribution is 6.00. The van der Waals surface area contributed by atoms with Gasteiger partial charge in [-0.05, 0) is 42.2 Å². The summed E-state index contributed by atoms with van der Waals surface area (Å²) in [6, 6.07) is 7.58. The summed E-state index contributed by atoms with van der Waals surface area (Å²) in [6.07, 6.45) is 7.81. The van der Waals surface area contributed by atoms with Gasteiger partial charge >= 0.3 is 5.97 Å². The fraction of sp³-hybridized carbons (Fsp3) is 0.542. The molecule has 1 aromatic carbocycles. The van der Waals surface area contributed by atoms with Crippen LogP contribution in [0.4, 0.5) is 0 Å². The quantitative estimate of drug-likeness (QED) is 0.325. The Bertz CT molecular complexity index is 869. The number of allylic oxidation sites excluding steroid dienone is 2. The highest BCUT2D eigenvalue weighted by Gasteiger charge is 2.68. The van der Waals surface area contributed by atoms with Crippen LogP contribution in [0.1, 0.15) is 54.4 Å². The van der Waals surface area contributed by atoms with E-state index in [4.69, 9.17) is 4.74 Å². The van der Waals surface area contributed by atoms with Crippen LogP contribution < -0.4 is 0 Å². The zero-order chi connectivity index (χ0) is 19.4. The molecular formula is C24H26O4. The van der Waals surface area contributed by atoms with Crippen molar-refractivity contribution >= 4 is 17.5 Å². The fourth-order valence-electron chi connectivity index (χ4n) is 6.46. The smallest absolute Gasteiger partial charge is 0.338 e. The molecule has 146 valence electrons. The Labute approximate surface area is 165 Å². The van der Waals surface area contributed by atoms with Crippen molar-refractivity contribution < 1.29 is 19.1 Å². The van der Waals surface area contributed by atoms with Gasteiger partial charge in [0, 0.05) is 23.7 Å². The van der Waals surface area contributed by atoms with E-state index in [1.807, 2.05) is 36.4 Å². The van der Waals surface area contributed by atoms with E-state index in [2.05, 4.69) is 6.92 Å². The van der Waals surface area contributed by atoms with Crippen LogP contribution in [0.5, 0.6) is 0 Å². The summed E-state index contributed by atoms with van der Waals surface area (Å²) in [7, 11) is 0. The van der Waals surface area contributed by atoms with Crippen LogP contribution in [-0.4, -0.2) is 24.1 Å². The highest BCUT2D eigenvalue weighted by atomic mass is 16.5. The molecule has 4 bridgehead atoms. The SMILES string of the molecule is CCCCCOC(=O)c1ccccc1C1CC2C(=O)C1C1C3C=CC(C3=O)C21. The van der Waals surface area contributed by atoms with E-state index in [-0.39, 0.29) is 47.4 Å². The number of esters is 1. The minimum absolute atomic E-state index is 0.0266. The summed E-state index contributed by atoms with van der Waals surface area (Å²) < 4.78 is 5.50. The van der Waals surface area contributed by atoms with Gasteiger partial charge in [-0.25, -0.2) is 4.79 Å². The van der Waals surface area contributed by atoms with E-state index >= 15 is 0 Å². The predicted molar refractivity (Wildman–Crippen MR) is 104 cm³/mol. The largest absolute Gasteiger partial charge is 0.462 e. The molecule has 0 saturated heterocycles. The third-order valence-corrected chi connectivity index (χ3v) is 7.53. The van der Waals surface area contributed by atoms with Gasteiger partial charge in [-0.1, -0.05) is 50.1 Å². The first-order chi connectivity index (χ1) is 13.6. The molecule has 4 aliphatic rings. The lowest BCUT2D eigenvalue weighted by Gasteiger charge is -2.35. The standard InChI is InChI=1S/C24H26O4/c1-2-3-6-11-28-24(27)14-8-5-4-7-13(14)17-12-18-19-15-9-10-16(22(15)25)20(19)21(17)23(18)26/h4-5,7-10,15-21H,2-3,6,11-12H2,1H3. The lowest BCUT2D eigenvalue weighted by Crippen LogP contribution is -2.31. The number of hydrogen-bond acceptors (Lipinski definition) is 4. The number of carbonyl (C=O) groups excluding carboxylic acids is 3. The Morgan fingerprint density at radius 1 is 1.00 bits per heavy atom. The van der Waals surface area contributed by atoms with Crippen LogP contribution >= 0.6 is 0 Å². The third-order valence-electron chi connectivity index (χ3n) is 7.53. The van der Waals surface area contributed by atoms with Crippen LogP contribution in [0.3, 0.4) is 0 Å². The second-order valence-corrected chi connectivity index (χ2v) is 8.80.